The van der Waals surface area contributed by atoms with E-state index >= 15 is 0 Å². The molecule has 1 amide bonds. The Hall–Kier alpha value is -1.07. The fraction of sp³-hybridized carbons (Fsp3) is 0.462. The van der Waals surface area contributed by atoms with Crippen LogP contribution in [-0.2, 0) is 4.74 Å². The second kappa shape index (κ2) is 5.71. The first-order valence-electron chi connectivity index (χ1n) is 6.04. The molecule has 1 heterocycles. The summed E-state index contributed by atoms with van der Waals surface area (Å²) in [5.41, 5.74) is 7.02. The van der Waals surface area contributed by atoms with Gasteiger partial charge in [0.2, 0.25) is 0 Å². The Labute approximate surface area is 115 Å². The van der Waals surface area contributed by atoms with Gasteiger partial charge in [0.15, 0.2) is 0 Å². The first-order chi connectivity index (χ1) is 8.58. The first kappa shape index (κ1) is 13.4. The average Bonchev–Trinajstić information content (AvgIpc) is 2.56. The molecule has 0 aliphatic carbocycles. The molecule has 0 radical (unpaired) electrons. The zero-order chi connectivity index (χ0) is 13.1. The number of nitrogen functional groups attached to an aromatic ring is 1. The summed E-state index contributed by atoms with van der Waals surface area (Å²) in [6, 6.07) is 5.28. The molecule has 0 spiro atoms. The summed E-state index contributed by atoms with van der Waals surface area (Å²) in [6.45, 7) is 4.09. The number of hydrogen-bond donors (Lipinski definition) is 1. The van der Waals surface area contributed by atoms with Crippen LogP contribution >= 0.6 is 15.9 Å². The van der Waals surface area contributed by atoms with E-state index in [2.05, 4.69) is 15.9 Å². The summed E-state index contributed by atoms with van der Waals surface area (Å²) in [7, 11) is 0. The van der Waals surface area contributed by atoms with Crippen molar-refractivity contribution in [2.45, 2.75) is 19.4 Å². The Balaban J connectivity index is 2.16. The summed E-state index contributed by atoms with van der Waals surface area (Å²) in [5.74, 6) is 0.0352. The molecule has 1 saturated heterocycles. The van der Waals surface area contributed by atoms with Crippen LogP contribution in [0.3, 0.4) is 0 Å². The van der Waals surface area contributed by atoms with Gasteiger partial charge in [-0.2, -0.15) is 0 Å². The van der Waals surface area contributed by atoms with E-state index in [0.717, 1.165) is 24.0 Å². The SMILES string of the molecule is CC1CN(C(=O)c2ccc(N)c(Br)c2)CCCO1. The maximum Gasteiger partial charge on any atom is 0.253 e. The highest BCUT2D eigenvalue weighted by atomic mass is 79.9. The van der Waals surface area contributed by atoms with Crippen LogP contribution in [0, 0.1) is 0 Å². The minimum absolute atomic E-state index is 0.0352. The molecule has 1 aromatic rings. The molecule has 0 bridgehead atoms. The number of hydrogen-bond acceptors (Lipinski definition) is 3. The average molecular weight is 313 g/mol. The largest absolute Gasteiger partial charge is 0.398 e. The van der Waals surface area contributed by atoms with Crippen LogP contribution in [-0.4, -0.2) is 36.6 Å². The van der Waals surface area contributed by atoms with Crippen molar-refractivity contribution in [3.05, 3.63) is 28.2 Å². The smallest absolute Gasteiger partial charge is 0.253 e. The molecule has 4 nitrogen and oxygen atoms in total. The normalized spacial score (nSPS) is 20.6. The van der Waals surface area contributed by atoms with Gasteiger partial charge in [0.1, 0.15) is 0 Å². The number of benzene rings is 1. The van der Waals surface area contributed by atoms with Crippen LogP contribution in [0.25, 0.3) is 0 Å². The number of rotatable bonds is 1. The van der Waals surface area contributed by atoms with E-state index in [1.54, 1.807) is 18.2 Å². The molecular weight excluding hydrogens is 296 g/mol. The molecule has 0 saturated carbocycles. The first-order valence-corrected chi connectivity index (χ1v) is 6.83. The van der Waals surface area contributed by atoms with E-state index in [1.807, 2.05) is 11.8 Å². The molecular formula is C13H17BrN2O2. The van der Waals surface area contributed by atoms with Crippen molar-refractivity contribution < 1.29 is 9.53 Å². The zero-order valence-electron chi connectivity index (χ0n) is 10.4. The van der Waals surface area contributed by atoms with Crippen molar-refractivity contribution in [2.24, 2.45) is 0 Å². The Morgan fingerprint density at radius 3 is 3.06 bits per heavy atom. The van der Waals surface area contributed by atoms with Gasteiger partial charge in [0.05, 0.1) is 6.10 Å². The monoisotopic (exact) mass is 312 g/mol. The van der Waals surface area contributed by atoms with Crippen molar-refractivity contribution in [1.82, 2.24) is 4.90 Å². The summed E-state index contributed by atoms with van der Waals surface area (Å²) in [5, 5.41) is 0. The molecule has 0 aromatic heterocycles. The van der Waals surface area contributed by atoms with Gasteiger partial charge in [0, 0.05) is 35.4 Å². The highest BCUT2D eigenvalue weighted by molar-refractivity contribution is 9.10. The van der Waals surface area contributed by atoms with Crippen molar-refractivity contribution in [3.8, 4) is 0 Å². The maximum absolute atomic E-state index is 12.4. The van der Waals surface area contributed by atoms with Crippen LogP contribution in [0.15, 0.2) is 22.7 Å². The summed E-state index contributed by atoms with van der Waals surface area (Å²) in [6.07, 6.45) is 0.973. The number of halogens is 1. The standard InChI is InChI=1S/C13H17BrN2O2/c1-9-8-16(5-2-6-18-9)13(17)10-3-4-12(15)11(14)7-10/h3-4,7,9H,2,5-6,8,15H2,1H3. The molecule has 1 aromatic carbocycles. The second-order valence-electron chi connectivity index (χ2n) is 4.52. The van der Waals surface area contributed by atoms with Gasteiger partial charge in [-0.25, -0.2) is 0 Å². The lowest BCUT2D eigenvalue weighted by molar-refractivity contribution is 0.0562. The van der Waals surface area contributed by atoms with E-state index < -0.39 is 0 Å². The Morgan fingerprint density at radius 1 is 1.56 bits per heavy atom. The van der Waals surface area contributed by atoms with Crippen molar-refractivity contribution >= 4 is 27.5 Å². The number of carbonyl (C=O) groups excluding carboxylic acids is 1. The molecule has 2 N–H and O–H groups in total. The van der Waals surface area contributed by atoms with E-state index in [0.29, 0.717) is 17.8 Å². The minimum atomic E-state index is 0.0352. The van der Waals surface area contributed by atoms with E-state index in [-0.39, 0.29) is 12.0 Å². The minimum Gasteiger partial charge on any atom is -0.398 e. The topological polar surface area (TPSA) is 55.6 Å². The van der Waals surface area contributed by atoms with Crippen LogP contribution < -0.4 is 5.73 Å². The fourth-order valence-electron chi connectivity index (χ4n) is 2.02. The van der Waals surface area contributed by atoms with Gasteiger partial charge >= 0.3 is 0 Å². The third-order valence-electron chi connectivity index (χ3n) is 2.99. The molecule has 1 fully saturated rings. The number of nitrogens with zero attached hydrogens (tertiary/aromatic N) is 1. The quantitative estimate of drug-likeness (QED) is 0.809. The lowest BCUT2D eigenvalue weighted by Gasteiger charge is -2.22. The van der Waals surface area contributed by atoms with Crippen LogP contribution in [0.2, 0.25) is 0 Å². The predicted octanol–water partition coefficient (Wildman–Crippen LogP) is 2.28. The van der Waals surface area contributed by atoms with Gasteiger partial charge < -0.3 is 15.4 Å². The predicted molar refractivity (Wildman–Crippen MR) is 74.5 cm³/mol. The van der Waals surface area contributed by atoms with Gasteiger partial charge in [-0.15, -0.1) is 0 Å². The number of ether oxygens (including phenoxy) is 1. The molecule has 1 atom stereocenters. The highest BCUT2D eigenvalue weighted by Gasteiger charge is 2.21. The summed E-state index contributed by atoms with van der Waals surface area (Å²) in [4.78, 5) is 14.2. The molecule has 18 heavy (non-hydrogen) atoms. The van der Waals surface area contributed by atoms with Crippen molar-refractivity contribution in [1.29, 1.82) is 0 Å². The lowest BCUT2D eigenvalue weighted by atomic mass is 10.1. The fourth-order valence-corrected chi connectivity index (χ4v) is 2.40. The third-order valence-corrected chi connectivity index (χ3v) is 3.67. The second-order valence-corrected chi connectivity index (χ2v) is 5.38. The zero-order valence-corrected chi connectivity index (χ0v) is 11.9. The Bertz CT molecular complexity index is 451. The molecule has 2 rings (SSSR count). The van der Waals surface area contributed by atoms with E-state index in [1.165, 1.54) is 0 Å². The lowest BCUT2D eigenvalue weighted by Crippen LogP contribution is -2.35. The third kappa shape index (κ3) is 3.03. The van der Waals surface area contributed by atoms with Gasteiger partial charge in [-0.05, 0) is 47.5 Å². The molecule has 1 aliphatic heterocycles. The van der Waals surface area contributed by atoms with Crippen LogP contribution in [0.4, 0.5) is 5.69 Å². The van der Waals surface area contributed by atoms with Gasteiger partial charge in [-0.3, -0.25) is 4.79 Å². The number of anilines is 1. The van der Waals surface area contributed by atoms with Gasteiger partial charge in [-0.1, -0.05) is 0 Å². The van der Waals surface area contributed by atoms with Gasteiger partial charge in [0.25, 0.3) is 5.91 Å². The Morgan fingerprint density at radius 2 is 2.33 bits per heavy atom. The summed E-state index contributed by atoms with van der Waals surface area (Å²) >= 11 is 3.35. The molecule has 98 valence electrons. The van der Waals surface area contributed by atoms with E-state index in [4.69, 9.17) is 10.5 Å². The maximum atomic E-state index is 12.4. The van der Waals surface area contributed by atoms with Crippen LogP contribution in [0.5, 0.6) is 0 Å². The van der Waals surface area contributed by atoms with Crippen molar-refractivity contribution in [3.63, 3.8) is 0 Å². The van der Waals surface area contributed by atoms with Crippen LogP contribution in [0.1, 0.15) is 23.7 Å². The highest BCUT2D eigenvalue weighted by Crippen LogP contribution is 2.21. The molecule has 1 unspecified atom stereocenters. The summed E-state index contributed by atoms with van der Waals surface area (Å²) < 4.78 is 6.30. The molecule has 1 aliphatic rings. The Kier molecular flexibility index (Phi) is 4.24. The number of nitrogens with two attached hydrogens (primary N) is 1. The molecule has 5 heteroatoms. The van der Waals surface area contributed by atoms with Crippen molar-refractivity contribution in [2.75, 3.05) is 25.4 Å². The van der Waals surface area contributed by atoms with E-state index in [9.17, 15) is 4.79 Å². The number of amides is 1. The number of carbonyl (C=O) groups is 1.